The molecule has 0 saturated heterocycles. The lowest BCUT2D eigenvalue weighted by molar-refractivity contribution is 0.298. The van der Waals surface area contributed by atoms with E-state index in [1.54, 1.807) is 53.9 Å². The minimum Gasteiger partial charge on any atom is -0.493 e. The third-order valence-corrected chi connectivity index (χ3v) is 8.11. The van der Waals surface area contributed by atoms with Crippen LogP contribution in [0.15, 0.2) is 83.2 Å². The molecule has 0 atom stereocenters. The minimum atomic E-state index is -4.33. The first kappa shape index (κ1) is 25.7. The highest BCUT2D eigenvalue weighted by atomic mass is 32.2. The summed E-state index contributed by atoms with van der Waals surface area (Å²) in [6, 6.07) is 16.7. The van der Waals surface area contributed by atoms with Gasteiger partial charge in [-0.2, -0.15) is 4.31 Å². The molecule has 10 heteroatoms. The Labute approximate surface area is 212 Å². The molecule has 0 fully saturated rings. The molecule has 0 radical (unpaired) electrons. The smallest absolute Gasteiger partial charge is 0.246 e. The lowest BCUT2D eigenvalue weighted by Crippen LogP contribution is -2.31. The van der Waals surface area contributed by atoms with Gasteiger partial charge in [0.15, 0.2) is 11.5 Å². The summed E-state index contributed by atoms with van der Waals surface area (Å²) in [5.74, 6) is -1.04. The van der Waals surface area contributed by atoms with Crippen LogP contribution in [0.25, 0.3) is 0 Å². The Balaban J connectivity index is 1.59. The third-order valence-electron chi connectivity index (χ3n) is 5.35. The highest BCUT2D eigenvalue weighted by molar-refractivity contribution is 7.89. The highest BCUT2D eigenvalue weighted by Gasteiger charge is 2.29. The van der Waals surface area contributed by atoms with Crippen LogP contribution >= 0.6 is 11.3 Å². The number of pyridine rings is 1. The van der Waals surface area contributed by atoms with Crippen molar-refractivity contribution in [3.63, 3.8) is 0 Å². The lowest BCUT2D eigenvalue weighted by Gasteiger charge is -2.23. The highest BCUT2D eigenvalue weighted by Crippen LogP contribution is 2.30. The summed E-state index contributed by atoms with van der Waals surface area (Å²) >= 11 is 1.65. The molecule has 0 unspecified atom stereocenters. The topological polar surface area (TPSA) is 68.7 Å². The molecule has 0 saturated carbocycles. The summed E-state index contributed by atoms with van der Waals surface area (Å²) in [6.07, 6.45) is 2.30. The van der Waals surface area contributed by atoms with Crippen LogP contribution in [-0.4, -0.2) is 31.4 Å². The van der Waals surface area contributed by atoms with Crippen molar-refractivity contribution in [3.05, 3.63) is 106 Å². The maximum atomic E-state index is 14.5. The summed E-state index contributed by atoms with van der Waals surface area (Å²) in [4.78, 5) is 4.79. The van der Waals surface area contributed by atoms with Gasteiger partial charge in [0, 0.05) is 30.1 Å². The first-order chi connectivity index (χ1) is 17.4. The second kappa shape index (κ2) is 11.6. The zero-order valence-corrected chi connectivity index (χ0v) is 21.1. The minimum absolute atomic E-state index is 0.0957. The molecule has 0 N–H and O–H groups in total. The molecule has 2 aromatic heterocycles. The van der Waals surface area contributed by atoms with Crippen molar-refractivity contribution < 1.29 is 26.7 Å². The molecule has 6 nitrogen and oxygen atoms in total. The largest absolute Gasteiger partial charge is 0.493 e. The van der Waals surface area contributed by atoms with E-state index < -0.39 is 26.6 Å². The maximum Gasteiger partial charge on any atom is 0.246 e. The van der Waals surface area contributed by atoms with Crippen LogP contribution in [0.1, 0.15) is 16.1 Å². The Kier molecular flexibility index (Phi) is 8.29. The molecule has 0 spiro atoms. The van der Waals surface area contributed by atoms with E-state index in [0.29, 0.717) is 35.4 Å². The van der Waals surface area contributed by atoms with Gasteiger partial charge in [-0.15, -0.1) is 11.3 Å². The van der Waals surface area contributed by atoms with Crippen LogP contribution in [0.4, 0.5) is 8.78 Å². The van der Waals surface area contributed by atoms with Crippen molar-refractivity contribution in [3.8, 4) is 11.5 Å². The first-order valence-electron chi connectivity index (χ1n) is 11.0. The van der Waals surface area contributed by atoms with Gasteiger partial charge in [-0.05, 0) is 53.4 Å². The molecule has 0 aliphatic rings. The van der Waals surface area contributed by atoms with Gasteiger partial charge in [-0.1, -0.05) is 18.2 Å². The number of thiophene rings is 1. The summed E-state index contributed by atoms with van der Waals surface area (Å²) < 4.78 is 67.2. The molecule has 188 valence electrons. The van der Waals surface area contributed by atoms with Gasteiger partial charge in [0.25, 0.3) is 0 Å². The molecule has 0 amide bonds. The van der Waals surface area contributed by atoms with E-state index >= 15 is 0 Å². The van der Waals surface area contributed by atoms with Gasteiger partial charge < -0.3 is 9.47 Å². The van der Waals surface area contributed by atoms with Crippen molar-refractivity contribution in [2.24, 2.45) is 0 Å². The zero-order valence-electron chi connectivity index (χ0n) is 19.4. The van der Waals surface area contributed by atoms with E-state index in [2.05, 4.69) is 4.98 Å². The van der Waals surface area contributed by atoms with Crippen molar-refractivity contribution in [2.75, 3.05) is 13.7 Å². The van der Waals surface area contributed by atoms with Gasteiger partial charge in [0.05, 0.1) is 26.0 Å². The van der Waals surface area contributed by atoms with E-state index in [0.717, 1.165) is 22.9 Å². The number of ether oxygens (including phenoxy) is 2. The summed E-state index contributed by atoms with van der Waals surface area (Å²) in [5, 5.41) is 2.01. The van der Waals surface area contributed by atoms with Gasteiger partial charge >= 0.3 is 0 Å². The molecule has 4 rings (SSSR count). The Morgan fingerprint density at radius 1 is 0.972 bits per heavy atom. The van der Waals surface area contributed by atoms with E-state index in [1.807, 2.05) is 17.5 Å². The number of rotatable bonds is 11. The second-order valence-electron chi connectivity index (χ2n) is 7.83. The van der Waals surface area contributed by atoms with Crippen LogP contribution in [-0.2, 0) is 29.5 Å². The lowest BCUT2D eigenvalue weighted by atomic mass is 10.2. The third kappa shape index (κ3) is 6.26. The number of methoxy groups -OCH3 is 1. The van der Waals surface area contributed by atoms with Crippen molar-refractivity contribution >= 4 is 21.4 Å². The monoisotopic (exact) mass is 530 g/mol. The molecule has 4 aromatic rings. The number of halogens is 2. The summed E-state index contributed by atoms with van der Waals surface area (Å²) in [7, 11) is -2.83. The van der Waals surface area contributed by atoms with E-state index in [1.165, 1.54) is 12.0 Å². The number of sulfonamides is 1. The molecule has 2 heterocycles. The van der Waals surface area contributed by atoms with Crippen molar-refractivity contribution in [2.45, 2.75) is 24.4 Å². The predicted octanol–water partition coefficient (Wildman–Crippen LogP) is 5.44. The van der Waals surface area contributed by atoms with Crippen LogP contribution in [0, 0.1) is 11.6 Å². The SMILES string of the molecule is COc1cc(CN(Cc2ccccn2)S(=O)(=O)c2ccc(F)cc2F)ccc1OCCc1cccs1. The fraction of sp³-hybridized carbons (Fsp3) is 0.192. The molecular formula is C26H24F2N2O4S2. The molecule has 2 aromatic carbocycles. The standard InChI is InChI=1S/C26H24F2N2O4S2/c1-33-25-15-19(7-9-24(25)34-13-11-22-6-4-14-35-22)17-30(18-21-5-2-3-12-29-21)36(31,32)26-10-8-20(27)16-23(26)28/h2-10,12,14-16H,11,13,17-18H2,1H3. The number of nitrogens with zero attached hydrogens (tertiary/aromatic N) is 2. The fourth-order valence-electron chi connectivity index (χ4n) is 3.57. The van der Waals surface area contributed by atoms with E-state index in [4.69, 9.17) is 9.47 Å². The Hall–Kier alpha value is -3.34. The van der Waals surface area contributed by atoms with E-state index in [-0.39, 0.29) is 13.1 Å². The predicted molar refractivity (Wildman–Crippen MR) is 134 cm³/mol. The molecule has 36 heavy (non-hydrogen) atoms. The number of aromatic nitrogens is 1. The number of hydrogen-bond acceptors (Lipinski definition) is 6. The van der Waals surface area contributed by atoms with Crippen LogP contribution in [0.2, 0.25) is 0 Å². The average molecular weight is 531 g/mol. The normalized spacial score (nSPS) is 11.6. The van der Waals surface area contributed by atoms with E-state index in [9.17, 15) is 17.2 Å². The number of benzene rings is 2. The maximum absolute atomic E-state index is 14.5. The zero-order chi connectivity index (χ0) is 25.5. The Morgan fingerprint density at radius 2 is 1.83 bits per heavy atom. The summed E-state index contributed by atoms with van der Waals surface area (Å²) in [5.41, 5.74) is 1.07. The molecule has 0 aliphatic heterocycles. The fourth-order valence-corrected chi connectivity index (χ4v) is 5.71. The van der Waals surface area contributed by atoms with Crippen LogP contribution < -0.4 is 9.47 Å². The quantitative estimate of drug-likeness (QED) is 0.258. The van der Waals surface area contributed by atoms with Crippen molar-refractivity contribution in [1.82, 2.24) is 9.29 Å². The molecular weight excluding hydrogens is 506 g/mol. The number of hydrogen-bond donors (Lipinski definition) is 0. The second-order valence-corrected chi connectivity index (χ2v) is 10.8. The van der Waals surface area contributed by atoms with Gasteiger partial charge in [-0.25, -0.2) is 17.2 Å². The van der Waals surface area contributed by atoms with Gasteiger partial charge in [-0.3, -0.25) is 4.98 Å². The molecule has 0 aliphatic carbocycles. The van der Waals surface area contributed by atoms with Gasteiger partial charge in [0.2, 0.25) is 10.0 Å². The van der Waals surface area contributed by atoms with Crippen LogP contribution in [0.3, 0.4) is 0 Å². The summed E-state index contributed by atoms with van der Waals surface area (Å²) in [6.45, 7) is 0.253. The van der Waals surface area contributed by atoms with Crippen LogP contribution in [0.5, 0.6) is 11.5 Å². The average Bonchev–Trinajstić information content (AvgIpc) is 3.38. The van der Waals surface area contributed by atoms with Crippen molar-refractivity contribution in [1.29, 1.82) is 0 Å². The Bertz CT molecular complexity index is 1400. The Morgan fingerprint density at radius 3 is 2.53 bits per heavy atom. The van der Waals surface area contributed by atoms with Gasteiger partial charge in [0.1, 0.15) is 16.5 Å². The molecule has 0 bridgehead atoms. The first-order valence-corrected chi connectivity index (χ1v) is 13.4.